The number of fused-ring (bicyclic) bond motifs is 1. The Balaban J connectivity index is 1.46. The van der Waals surface area contributed by atoms with Crippen molar-refractivity contribution in [3.8, 4) is 0 Å². The van der Waals surface area contributed by atoms with Crippen LogP contribution in [0.1, 0.15) is 46.3 Å². The van der Waals surface area contributed by atoms with Gasteiger partial charge in [-0.2, -0.15) is 0 Å². The number of thiophene rings is 1. The molecule has 0 aliphatic carbocycles. The zero-order chi connectivity index (χ0) is 26.6. The van der Waals surface area contributed by atoms with Crippen LogP contribution >= 0.6 is 11.3 Å². The molecule has 1 saturated heterocycles. The molecule has 0 saturated carbocycles. The number of nitrogens with one attached hydrogen (secondary N) is 1. The summed E-state index contributed by atoms with van der Waals surface area (Å²) in [5.41, 5.74) is 3.72. The van der Waals surface area contributed by atoms with Crippen molar-refractivity contribution in [1.82, 2.24) is 30.1 Å². The Morgan fingerprint density at radius 2 is 2.05 bits per heavy atom. The lowest BCUT2D eigenvalue weighted by Crippen LogP contribution is -2.36. The van der Waals surface area contributed by atoms with Crippen LogP contribution in [0.4, 0.5) is 0 Å². The van der Waals surface area contributed by atoms with Gasteiger partial charge in [0.1, 0.15) is 6.04 Å². The third-order valence-corrected chi connectivity index (χ3v) is 8.22. The number of aromatic amines is 1. The fourth-order valence-corrected chi connectivity index (χ4v) is 6.11. The Kier molecular flexibility index (Phi) is 7.62. The van der Waals surface area contributed by atoms with Crippen molar-refractivity contribution in [2.24, 2.45) is 0 Å². The molecule has 2 atom stereocenters. The lowest BCUT2D eigenvalue weighted by atomic mass is 10.0. The van der Waals surface area contributed by atoms with Gasteiger partial charge in [0.15, 0.2) is 5.82 Å². The van der Waals surface area contributed by atoms with E-state index in [-0.39, 0.29) is 11.7 Å². The average molecular weight is 541 g/mol. The van der Waals surface area contributed by atoms with Crippen LogP contribution in [0.3, 0.4) is 0 Å². The Morgan fingerprint density at radius 3 is 2.85 bits per heavy atom. The summed E-state index contributed by atoms with van der Waals surface area (Å²) in [7, 11) is 0. The van der Waals surface area contributed by atoms with E-state index in [1.54, 1.807) is 11.3 Å². The standard InChI is InChI=1S/C30H32N6O2S/c1-21-11-12-27-23(17-21)18-26(30(37)31-27)28(29-32-33-34-36(29)19-24-9-5-15-38-24)35(20-25-10-6-16-39-25)14-13-22-7-3-2-4-8-22/h2-4,6-8,10-12,16-18,24,28H,5,9,13-15,19-20H2,1H3,(H,31,37)/t24-,28+/m0/s1. The number of hydrogen-bond acceptors (Lipinski definition) is 7. The van der Waals surface area contributed by atoms with Gasteiger partial charge >= 0.3 is 0 Å². The number of H-pyrrole nitrogens is 1. The van der Waals surface area contributed by atoms with Crippen LogP contribution in [0.5, 0.6) is 0 Å². The minimum atomic E-state index is -0.444. The molecular weight excluding hydrogens is 508 g/mol. The zero-order valence-electron chi connectivity index (χ0n) is 22.0. The van der Waals surface area contributed by atoms with Gasteiger partial charge < -0.3 is 9.72 Å². The van der Waals surface area contributed by atoms with Crippen LogP contribution in [0, 0.1) is 6.92 Å². The molecule has 0 spiro atoms. The Bertz CT molecular complexity index is 1570. The molecule has 1 aliphatic rings. The van der Waals surface area contributed by atoms with E-state index in [2.05, 4.69) is 80.2 Å². The number of aryl methyl sites for hydroxylation is 1. The maximum Gasteiger partial charge on any atom is 0.253 e. The summed E-state index contributed by atoms with van der Waals surface area (Å²) in [4.78, 5) is 20.4. The fourth-order valence-electron chi connectivity index (χ4n) is 5.38. The largest absolute Gasteiger partial charge is 0.376 e. The molecule has 39 heavy (non-hydrogen) atoms. The third-order valence-electron chi connectivity index (χ3n) is 7.36. The molecule has 8 nitrogen and oxygen atoms in total. The van der Waals surface area contributed by atoms with Gasteiger partial charge in [-0.15, -0.1) is 16.4 Å². The SMILES string of the molecule is Cc1ccc2[nH]c(=O)c([C@H](c3nnnn3C[C@@H]3CCCO3)N(CCc3ccccc3)Cc3cccs3)cc2c1. The second-order valence-electron chi connectivity index (χ2n) is 10.2. The number of ether oxygens (including phenoxy) is 1. The summed E-state index contributed by atoms with van der Waals surface area (Å²) in [5.74, 6) is 0.660. The molecule has 1 fully saturated rings. The normalized spacial score (nSPS) is 16.3. The molecule has 2 aromatic carbocycles. The number of tetrazole rings is 1. The van der Waals surface area contributed by atoms with Crippen LogP contribution in [0.2, 0.25) is 0 Å². The molecule has 200 valence electrons. The summed E-state index contributed by atoms with van der Waals surface area (Å²) in [6, 6.07) is 22.3. The van der Waals surface area contributed by atoms with Gasteiger partial charge in [-0.25, -0.2) is 4.68 Å². The summed E-state index contributed by atoms with van der Waals surface area (Å²) < 4.78 is 7.75. The van der Waals surface area contributed by atoms with Gasteiger partial charge in [-0.05, 0) is 77.2 Å². The monoisotopic (exact) mass is 540 g/mol. The van der Waals surface area contributed by atoms with Crippen LogP contribution in [-0.2, 0) is 24.2 Å². The van der Waals surface area contributed by atoms with E-state index in [1.165, 1.54) is 10.4 Å². The van der Waals surface area contributed by atoms with Crippen LogP contribution in [-0.4, -0.2) is 49.3 Å². The quantitative estimate of drug-likeness (QED) is 0.271. The maximum absolute atomic E-state index is 13.7. The van der Waals surface area contributed by atoms with Crippen LogP contribution in [0.25, 0.3) is 10.9 Å². The molecule has 0 amide bonds. The number of hydrogen-bond donors (Lipinski definition) is 1. The highest BCUT2D eigenvalue weighted by atomic mass is 32.1. The van der Waals surface area contributed by atoms with Crippen molar-refractivity contribution < 1.29 is 4.74 Å². The Morgan fingerprint density at radius 1 is 1.15 bits per heavy atom. The lowest BCUT2D eigenvalue weighted by molar-refractivity contribution is 0.0906. The molecule has 1 aliphatic heterocycles. The number of aromatic nitrogens is 5. The minimum absolute atomic E-state index is 0.0699. The number of nitrogens with zero attached hydrogens (tertiary/aromatic N) is 5. The molecular formula is C30H32N6O2S. The van der Waals surface area contributed by atoms with Gasteiger partial charge in [0, 0.05) is 35.7 Å². The molecule has 3 aromatic heterocycles. The fraction of sp³-hybridized carbons (Fsp3) is 0.333. The Hall–Kier alpha value is -3.66. The van der Waals surface area contributed by atoms with E-state index in [0.29, 0.717) is 24.5 Å². The third kappa shape index (κ3) is 5.85. The predicted molar refractivity (Wildman–Crippen MR) is 153 cm³/mol. The topological polar surface area (TPSA) is 88.9 Å². The first-order chi connectivity index (χ1) is 19.1. The second-order valence-corrected chi connectivity index (χ2v) is 11.2. The first-order valence-corrected chi connectivity index (χ1v) is 14.3. The highest BCUT2D eigenvalue weighted by molar-refractivity contribution is 7.09. The van der Waals surface area contributed by atoms with E-state index in [0.717, 1.165) is 48.9 Å². The number of pyridine rings is 1. The molecule has 0 unspecified atom stereocenters. The van der Waals surface area contributed by atoms with E-state index < -0.39 is 6.04 Å². The van der Waals surface area contributed by atoms with Gasteiger partial charge in [0.2, 0.25) is 0 Å². The first kappa shape index (κ1) is 25.6. The Labute approximate surface area is 231 Å². The van der Waals surface area contributed by atoms with Crippen LogP contribution < -0.4 is 5.56 Å². The van der Waals surface area contributed by atoms with E-state index in [1.807, 2.05) is 28.9 Å². The number of benzene rings is 2. The molecule has 5 aromatic rings. The van der Waals surface area contributed by atoms with E-state index >= 15 is 0 Å². The van der Waals surface area contributed by atoms with Crippen molar-refractivity contribution in [3.63, 3.8) is 0 Å². The summed E-state index contributed by atoms with van der Waals surface area (Å²) in [5, 5.41) is 16.1. The van der Waals surface area contributed by atoms with Crippen molar-refractivity contribution in [2.75, 3.05) is 13.2 Å². The highest BCUT2D eigenvalue weighted by Crippen LogP contribution is 2.30. The molecule has 6 rings (SSSR count). The summed E-state index contributed by atoms with van der Waals surface area (Å²) in [6.45, 7) is 4.79. The zero-order valence-corrected chi connectivity index (χ0v) is 22.8. The van der Waals surface area contributed by atoms with E-state index in [9.17, 15) is 4.79 Å². The van der Waals surface area contributed by atoms with Crippen molar-refractivity contribution >= 4 is 22.2 Å². The molecule has 0 bridgehead atoms. The van der Waals surface area contributed by atoms with Crippen molar-refractivity contribution in [2.45, 2.75) is 51.4 Å². The van der Waals surface area contributed by atoms with Gasteiger partial charge in [-0.1, -0.05) is 48.0 Å². The van der Waals surface area contributed by atoms with Crippen molar-refractivity contribution in [1.29, 1.82) is 0 Å². The minimum Gasteiger partial charge on any atom is -0.376 e. The summed E-state index contributed by atoms with van der Waals surface area (Å²) in [6.07, 6.45) is 2.92. The lowest BCUT2D eigenvalue weighted by Gasteiger charge is -2.31. The number of rotatable bonds is 10. The first-order valence-electron chi connectivity index (χ1n) is 13.5. The molecule has 1 N–H and O–H groups in total. The average Bonchev–Trinajstić information content (AvgIpc) is 3.73. The molecule has 4 heterocycles. The van der Waals surface area contributed by atoms with Crippen molar-refractivity contribution in [3.05, 3.63) is 110 Å². The highest BCUT2D eigenvalue weighted by Gasteiger charge is 2.32. The summed E-state index contributed by atoms with van der Waals surface area (Å²) >= 11 is 1.72. The predicted octanol–water partition coefficient (Wildman–Crippen LogP) is 4.90. The van der Waals surface area contributed by atoms with E-state index in [4.69, 9.17) is 4.74 Å². The van der Waals surface area contributed by atoms with Crippen LogP contribution in [0.15, 0.2) is 76.9 Å². The molecule has 9 heteroatoms. The second kappa shape index (κ2) is 11.6. The van der Waals surface area contributed by atoms with Gasteiger partial charge in [-0.3, -0.25) is 9.69 Å². The van der Waals surface area contributed by atoms with Gasteiger partial charge in [0.25, 0.3) is 5.56 Å². The smallest absolute Gasteiger partial charge is 0.253 e. The van der Waals surface area contributed by atoms with Gasteiger partial charge in [0.05, 0.1) is 12.6 Å². The maximum atomic E-state index is 13.7. The molecule has 0 radical (unpaired) electrons.